The van der Waals surface area contributed by atoms with E-state index in [4.69, 9.17) is 10.9 Å². The van der Waals surface area contributed by atoms with E-state index in [2.05, 4.69) is 22.4 Å². The van der Waals surface area contributed by atoms with Crippen LogP contribution in [0.4, 0.5) is 0 Å². The van der Waals surface area contributed by atoms with Gasteiger partial charge in [0.2, 0.25) is 0 Å². The molecule has 0 aliphatic carbocycles. The summed E-state index contributed by atoms with van der Waals surface area (Å²) in [5.41, 5.74) is 5.37. The standard InChI is InChI=1S/C9H16N4OS/c1-2-7(9-12-5-6-15-9)11-4-3-8(10)13-14/h5-7,11,14H,2-4H2,1H3,(H2,10,13). The second kappa shape index (κ2) is 6.36. The van der Waals surface area contributed by atoms with Crippen LogP contribution in [0.2, 0.25) is 0 Å². The lowest BCUT2D eigenvalue weighted by molar-refractivity contribution is 0.316. The van der Waals surface area contributed by atoms with Crippen LogP contribution in [0.1, 0.15) is 30.8 Å². The zero-order valence-electron chi connectivity index (χ0n) is 8.68. The number of hydrogen-bond acceptors (Lipinski definition) is 5. The first-order chi connectivity index (χ1) is 7.27. The molecule has 1 aromatic rings. The molecule has 0 bridgehead atoms. The van der Waals surface area contributed by atoms with E-state index in [1.807, 2.05) is 5.38 Å². The molecule has 1 atom stereocenters. The zero-order chi connectivity index (χ0) is 11.1. The molecule has 15 heavy (non-hydrogen) atoms. The van der Waals surface area contributed by atoms with Gasteiger partial charge in [-0.25, -0.2) is 4.98 Å². The van der Waals surface area contributed by atoms with E-state index in [-0.39, 0.29) is 11.9 Å². The molecule has 0 aliphatic rings. The molecule has 0 fully saturated rings. The maximum absolute atomic E-state index is 8.37. The van der Waals surface area contributed by atoms with Crippen molar-refractivity contribution in [3.8, 4) is 0 Å². The van der Waals surface area contributed by atoms with Gasteiger partial charge in [-0.1, -0.05) is 12.1 Å². The molecule has 0 aromatic carbocycles. The number of aromatic nitrogens is 1. The van der Waals surface area contributed by atoms with Crippen LogP contribution in [0.15, 0.2) is 16.7 Å². The predicted molar refractivity (Wildman–Crippen MR) is 61.2 cm³/mol. The second-order valence-corrected chi connectivity index (χ2v) is 4.05. The largest absolute Gasteiger partial charge is 0.409 e. The van der Waals surface area contributed by atoms with E-state index in [0.29, 0.717) is 13.0 Å². The van der Waals surface area contributed by atoms with Crippen LogP contribution < -0.4 is 11.1 Å². The Morgan fingerprint density at radius 2 is 2.60 bits per heavy atom. The Labute approximate surface area is 93.0 Å². The highest BCUT2D eigenvalue weighted by atomic mass is 32.1. The van der Waals surface area contributed by atoms with E-state index in [0.717, 1.165) is 11.4 Å². The van der Waals surface area contributed by atoms with Gasteiger partial charge < -0.3 is 16.3 Å². The van der Waals surface area contributed by atoms with E-state index >= 15 is 0 Å². The van der Waals surface area contributed by atoms with Gasteiger partial charge in [-0.05, 0) is 6.42 Å². The first-order valence-corrected chi connectivity index (χ1v) is 5.75. The molecule has 1 unspecified atom stereocenters. The summed E-state index contributed by atoms with van der Waals surface area (Å²) in [5.74, 6) is 0.247. The molecule has 0 spiro atoms. The maximum Gasteiger partial charge on any atom is 0.140 e. The summed E-state index contributed by atoms with van der Waals surface area (Å²) in [4.78, 5) is 4.25. The quantitative estimate of drug-likeness (QED) is 0.297. The number of hydrogen-bond donors (Lipinski definition) is 3. The van der Waals surface area contributed by atoms with Crippen molar-refractivity contribution in [3.05, 3.63) is 16.6 Å². The third-order valence-electron chi connectivity index (χ3n) is 2.06. The Morgan fingerprint density at radius 1 is 1.80 bits per heavy atom. The summed E-state index contributed by atoms with van der Waals surface area (Å²) in [7, 11) is 0. The van der Waals surface area contributed by atoms with Crippen LogP contribution in [0.3, 0.4) is 0 Å². The predicted octanol–water partition coefficient (Wildman–Crippen LogP) is 1.32. The molecule has 1 heterocycles. The molecule has 6 heteroatoms. The minimum Gasteiger partial charge on any atom is -0.409 e. The Hall–Kier alpha value is -1.14. The van der Waals surface area contributed by atoms with Crippen LogP contribution in [0, 0.1) is 0 Å². The molecule has 0 radical (unpaired) electrons. The van der Waals surface area contributed by atoms with Crippen LogP contribution in [-0.4, -0.2) is 22.6 Å². The molecule has 0 saturated heterocycles. The molecule has 0 amide bonds. The van der Waals surface area contributed by atoms with Crippen molar-refractivity contribution in [1.82, 2.24) is 10.3 Å². The van der Waals surface area contributed by atoms with Crippen molar-refractivity contribution in [3.63, 3.8) is 0 Å². The summed E-state index contributed by atoms with van der Waals surface area (Å²) in [6.07, 6.45) is 3.32. The Bertz CT molecular complexity index is 299. The summed E-state index contributed by atoms with van der Waals surface area (Å²) < 4.78 is 0. The minimum atomic E-state index is 0.247. The van der Waals surface area contributed by atoms with Gasteiger partial charge in [-0.15, -0.1) is 11.3 Å². The second-order valence-electron chi connectivity index (χ2n) is 3.13. The summed E-state index contributed by atoms with van der Waals surface area (Å²) in [6, 6.07) is 0.261. The first kappa shape index (κ1) is 11.9. The van der Waals surface area contributed by atoms with Crippen molar-refractivity contribution in [2.45, 2.75) is 25.8 Å². The molecule has 1 aromatic heterocycles. The Balaban J connectivity index is 2.36. The molecule has 0 saturated carbocycles. The molecular weight excluding hydrogens is 212 g/mol. The van der Waals surface area contributed by atoms with Crippen LogP contribution in [-0.2, 0) is 0 Å². The lowest BCUT2D eigenvalue weighted by atomic mass is 10.2. The maximum atomic E-state index is 8.37. The number of nitrogens with two attached hydrogens (primary N) is 1. The molecule has 84 valence electrons. The van der Waals surface area contributed by atoms with E-state index in [9.17, 15) is 0 Å². The van der Waals surface area contributed by atoms with Crippen molar-refractivity contribution in [2.24, 2.45) is 10.9 Å². The summed E-state index contributed by atoms with van der Waals surface area (Å²) >= 11 is 1.64. The number of amidine groups is 1. The molecule has 0 aliphatic heterocycles. The monoisotopic (exact) mass is 228 g/mol. The zero-order valence-corrected chi connectivity index (χ0v) is 9.50. The minimum absolute atomic E-state index is 0.247. The first-order valence-electron chi connectivity index (χ1n) is 4.87. The van der Waals surface area contributed by atoms with Gasteiger partial charge in [-0.2, -0.15) is 0 Å². The molecular formula is C9H16N4OS. The van der Waals surface area contributed by atoms with Gasteiger partial charge >= 0.3 is 0 Å². The lowest BCUT2D eigenvalue weighted by Crippen LogP contribution is -2.26. The summed E-state index contributed by atoms with van der Waals surface area (Å²) in [5, 5.41) is 17.6. The number of oxime groups is 1. The Kier molecular flexibility index (Phi) is 5.06. The van der Waals surface area contributed by atoms with Gasteiger partial charge in [0.05, 0.1) is 6.04 Å². The van der Waals surface area contributed by atoms with E-state index < -0.39 is 0 Å². The molecule has 5 nitrogen and oxygen atoms in total. The molecule has 1 rings (SSSR count). The van der Waals surface area contributed by atoms with E-state index in [1.165, 1.54) is 0 Å². The van der Waals surface area contributed by atoms with Gasteiger partial charge in [-0.3, -0.25) is 0 Å². The van der Waals surface area contributed by atoms with Gasteiger partial charge in [0, 0.05) is 24.5 Å². The van der Waals surface area contributed by atoms with Crippen LogP contribution in [0.5, 0.6) is 0 Å². The number of nitrogens with zero attached hydrogens (tertiary/aromatic N) is 2. The van der Waals surface area contributed by atoms with Gasteiger partial charge in [0.1, 0.15) is 10.8 Å². The number of nitrogens with one attached hydrogen (secondary N) is 1. The highest BCUT2D eigenvalue weighted by Gasteiger charge is 2.10. The van der Waals surface area contributed by atoms with Crippen molar-refractivity contribution in [1.29, 1.82) is 0 Å². The van der Waals surface area contributed by atoms with Gasteiger partial charge in [0.15, 0.2) is 0 Å². The van der Waals surface area contributed by atoms with Crippen molar-refractivity contribution in [2.75, 3.05) is 6.54 Å². The summed E-state index contributed by atoms with van der Waals surface area (Å²) in [6.45, 7) is 2.79. The fourth-order valence-electron chi connectivity index (χ4n) is 1.24. The third-order valence-corrected chi connectivity index (χ3v) is 2.95. The smallest absolute Gasteiger partial charge is 0.140 e. The lowest BCUT2D eigenvalue weighted by Gasteiger charge is -2.13. The Morgan fingerprint density at radius 3 is 3.13 bits per heavy atom. The number of rotatable bonds is 6. The molecule has 4 N–H and O–H groups in total. The van der Waals surface area contributed by atoms with E-state index in [1.54, 1.807) is 17.5 Å². The van der Waals surface area contributed by atoms with Crippen LogP contribution >= 0.6 is 11.3 Å². The average Bonchev–Trinajstić information content (AvgIpc) is 2.77. The number of thiazole rings is 1. The third kappa shape index (κ3) is 3.85. The normalized spacial score (nSPS) is 14.1. The topological polar surface area (TPSA) is 83.5 Å². The average molecular weight is 228 g/mol. The van der Waals surface area contributed by atoms with Crippen LogP contribution in [0.25, 0.3) is 0 Å². The highest BCUT2D eigenvalue weighted by molar-refractivity contribution is 7.09. The van der Waals surface area contributed by atoms with Gasteiger partial charge in [0.25, 0.3) is 0 Å². The fraction of sp³-hybridized carbons (Fsp3) is 0.556. The highest BCUT2D eigenvalue weighted by Crippen LogP contribution is 2.18. The van der Waals surface area contributed by atoms with Crippen molar-refractivity contribution >= 4 is 17.2 Å². The SMILES string of the molecule is CCC(NCCC(N)=NO)c1nccs1. The van der Waals surface area contributed by atoms with Crippen molar-refractivity contribution < 1.29 is 5.21 Å². The fourth-order valence-corrected chi connectivity index (χ4v) is 2.03.